The van der Waals surface area contributed by atoms with Gasteiger partial charge in [-0.3, -0.25) is 4.79 Å². The van der Waals surface area contributed by atoms with Crippen molar-refractivity contribution in [3.05, 3.63) is 17.7 Å². The Morgan fingerprint density at radius 1 is 1.44 bits per heavy atom. The molecular formula is C10H12N2O4. The van der Waals surface area contributed by atoms with Gasteiger partial charge in [0.25, 0.3) is 0 Å². The Labute approximate surface area is 92.0 Å². The van der Waals surface area contributed by atoms with Crippen molar-refractivity contribution in [1.82, 2.24) is 0 Å². The van der Waals surface area contributed by atoms with Crippen LogP contribution < -0.4 is 11.1 Å². The number of benzene rings is 1. The van der Waals surface area contributed by atoms with E-state index in [1.165, 1.54) is 26.2 Å². The van der Waals surface area contributed by atoms with Crippen LogP contribution in [0.15, 0.2) is 12.1 Å². The number of hydrogen-bond acceptors (Lipinski definition) is 5. The van der Waals surface area contributed by atoms with Crippen LogP contribution in [0.3, 0.4) is 0 Å². The fraction of sp³-hybridized carbons (Fsp3) is 0.200. The number of anilines is 2. The highest BCUT2D eigenvalue weighted by molar-refractivity contribution is 5.99. The van der Waals surface area contributed by atoms with E-state index in [4.69, 9.17) is 5.73 Å². The minimum Gasteiger partial charge on any atom is -0.505 e. The zero-order valence-electron chi connectivity index (χ0n) is 8.90. The van der Waals surface area contributed by atoms with Crippen LogP contribution in [-0.2, 0) is 9.53 Å². The third-order valence-corrected chi connectivity index (χ3v) is 1.93. The summed E-state index contributed by atoms with van der Waals surface area (Å²) in [7, 11) is 1.19. The van der Waals surface area contributed by atoms with Gasteiger partial charge in [0, 0.05) is 6.92 Å². The van der Waals surface area contributed by atoms with Gasteiger partial charge in [-0.25, -0.2) is 4.79 Å². The summed E-state index contributed by atoms with van der Waals surface area (Å²) >= 11 is 0. The largest absolute Gasteiger partial charge is 0.505 e. The van der Waals surface area contributed by atoms with E-state index in [1.54, 1.807) is 0 Å². The van der Waals surface area contributed by atoms with Crippen LogP contribution in [0.2, 0.25) is 0 Å². The average Bonchev–Trinajstić information content (AvgIpc) is 2.23. The summed E-state index contributed by atoms with van der Waals surface area (Å²) in [6, 6.07) is 2.74. The summed E-state index contributed by atoms with van der Waals surface area (Å²) in [5, 5.41) is 12.0. The molecule has 0 bridgehead atoms. The van der Waals surface area contributed by atoms with Gasteiger partial charge in [-0.15, -0.1) is 0 Å². The monoisotopic (exact) mass is 224 g/mol. The highest BCUT2D eigenvalue weighted by Crippen LogP contribution is 2.32. The number of rotatable bonds is 2. The lowest BCUT2D eigenvalue weighted by Gasteiger charge is -2.10. The lowest BCUT2D eigenvalue weighted by Crippen LogP contribution is -2.10. The second kappa shape index (κ2) is 4.52. The van der Waals surface area contributed by atoms with Crippen molar-refractivity contribution in [3.8, 4) is 5.75 Å². The lowest BCUT2D eigenvalue weighted by atomic mass is 10.1. The first-order valence-corrected chi connectivity index (χ1v) is 4.44. The van der Waals surface area contributed by atoms with Crippen molar-refractivity contribution in [2.24, 2.45) is 0 Å². The number of phenolic OH excluding ortho intramolecular Hbond substituents is 1. The Kier molecular flexibility index (Phi) is 3.34. The van der Waals surface area contributed by atoms with E-state index in [-0.39, 0.29) is 22.8 Å². The molecule has 0 aliphatic rings. The third-order valence-electron chi connectivity index (χ3n) is 1.93. The molecule has 1 aromatic rings. The van der Waals surface area contributed by atoms with Gasteiger partial charge in [-0.2, -0.15) is 0 Å². The molecule has 16 heavy (non-hydrogen) atoms. The minimum absolute atomic E-state index is 0.0471. The number of nitrogens with two attached hydrogens (primary N) is 1. The van der Waals surface area contributed by atoms with Crippen LogP contribution >= 0.6 is 0 Å². The van der Waals surface area contributed by atoms with Crippen molar-refractivity contribution >= 4 is 23.3 Å². The molecule has 0 spiro atoms. The maximum absolute atomic E-state index is 11.2. The molecule has 0 radical (unpaired) electrons. The smallest absolute Gasteiger partial charge is 0.341 e. The SMILES string of the molecule is COC(=O)c1ccc(NC(C)=O)c(N)c1O. The van der Waals surface area contributed by atoms with Gasteiger partial charge in [-0.05, 0) is 12.1 Å². The molecule has 0 atom stereocenters. The predicted molar refractivity (Wildman–Crippen MR) is 58.2 cm³/mol. The van der Waals surface area contributed by atoms with Crippen molar-refractivity contribution in [3.63, 3.8) is 0 Å². The summed E-state index contributed by atoms with van der Waals surface area (Å²) in [6.07, 6.45) is 0. The standard InChI is InChI=1S/C10H12N2O4/c1-5(13)12-7-4-3-6(10(15)16-2)9(14)8(7)11/h3-4,14H,11H2,1-2H3,(H,12,13). The van der Waals surface area contributed by atoms with Gasteiger partial charge < -0.3 is 20.9 Å². The number of amides is 1. The van der Waals surface area contributed by atoms with Gasteiger partial charge in [0.05, 0.1) is 18.5 Å². The molecule has 0 aliphatic heterocycles. The van der Waals surface area contributed by atoms with Crippen molar-refractivity contribution in [2.45, 2.75) is 6.92 Å². The number of carbonyl (C=O) groups excluding carboxylic acids is 2. The predicted octanol–water partition coefficient (Wildman–Crippen LogP) is 0.719. The van der Waals surface area contributed by atoms with E-state index in [1.807, 2.05) is 0 Å². The molecular weight excluding hydrogens is 212 g/mol. The van der Waals surface area contributed by atoms with E-state index in [2.05, 4.69) is 10.1 Å². The highest BCUT2D eigenvalue weighted by atomic mass is 16.5. The zero-order valence-corrected chi connectivity index (χ0v) is 8.90. The second-order valence-electron chi connectivity index (χ2n) is 3.10. The molecule has 86 valence electrons. The van der Waals surface area contributed by atoms with Crippen molar-refractivity contribution in [1.29, 1.82) is 0 Å². The number of nitrogens with one attached hydrogen (secondary N) is 1. The van der Waals surface area contributed by atoms with Crippen LogP contribution in [0.25, 0.3) is 0 Å². The molecule has 4 N–H and O–H groups in total. The van der Waals surface area contributed by atoms with E-state index in [9.17, 15) is 14.7 Å². The molecule has 0 aliphatic carbocycles. The number of carbonyl (C=O) groups is 2. The second-order valence-corrected chi connectivity index (χ2v) is 3.10. The van der Waals surface area contributed by atoms with Crippen LogP contribution in [-0.4, -0.2) is 24.1 Å². The molecule has 0 saturated carbocycles. The van der Waals surface area contributed by atoms with Crippen LogP contribution in [0.5, 0.6) is 5.75 Å². The van der Waals surface area contributed by atoms with E-state index in [0.717, 1.165) is 0 Å². The molecule has 0 saturated heterocycles. The topological polar surface area (TPSA) is 102 Å². The Hall–Kier alpha value is -2.24. The lowest BCUT2D eigenvalue weighted by molar-refractivity contribution is -0.114. The van der Waals surface area contributed by atoms with Gasteiger partial charge in [0.1, 0.15) is 5.56 Å². The van der Waals surface area contributed by atoms with Crippen LogP contribution in [0, 0.1) is 0 Å². The van der Waals surface area contributed by atoms with E-state index < -0.39 is 11.7 Å². The fourth-order valence-corrected chi connectivity index (χ4v) is 1.18. The molecule has 1 amide bonds. The number of phenols is 1. The molecule has 0 unspecified atom stereocenters. The van der Waals surface area contributed by atoms with Gasteiger partial charge in [0.2, 0.25) is 5.91 Å². The average molecular weight is 224 g/mol. The van der Waals surface area contributed by atoms with Crippen LogP contribution in [0.4, 0.5) is 11.4 Å². The Bertz CT molecular complexity index is 443. The molecule has 0 heterocycles. The summed E-state index contributed by atoms with van der Waals surface area (Å²) in [5.74, 6) is -1.42. The Morgan fingerprint density at radius 3 is 2.56 bits per heavy atom. The molecule has 0 fully saturated rings. The minimum atomic E-state index is -0.696. The first-order valence-electron chi connectivity index (χ1n) is 4.44. The highest BCUT2D eigenvalue weighted by Gasteiger charge is 2.16. The van der Waals surface area contributed by atoms with Crippen LogP contribution in [0.1, 0.15) is 17.3 Å². The molecule has 6 heteroatoms. The first-order chi connectivity index (χ1) is 7.47. The molecule has 1 aromatic carbocycles. The maximum Gasteiger partial charge on any atom is 0.341 e. The summed E-state index contributed by atoms with van der Waals surface area (Å²) < 4.78 is 4.45. The molecule has 1 rings (SSSR count). The van der Waals surface area contributed by atoms with E-state index >= 15 is 0 Å². The van der Waals surface area contributed by atoms with Gasteiger partial charge in [-0.1, -0.05) is 0 Å². The number of esters is 1. The van der Waals surface area contributed by atoms with E-state index in [0.29, 0.717) is 0 Å². The third kappa shape index (κ3) is 2.22. The fourth-order valence-electron chi connectivity index (χ4n) is 1.18. The normalized spacial score (nSPS) is 9.62. The van der Waals surface area contributed by atoms with Crippen molar-refractivity contribution < 1.29 is 19.4 Å². The quantitative estimate of drug-likeness (QED) is 0.390. The first kappa shape index (κ1) is 11.8. The summed E-state index contributed by atoms with van der Waals surface area (Å²) in [6.45, 7) is 1.31. The Balaban J connectivity index is 3.17. The zero-order chi connectivity index (χ0) is 12.3. The van der Waals surface area contributed by atoms with Gasteiger partial charge in [0.15, 0.2) is 5.75 Å². The van der Waals surface area contributed by atoms with Crippen molar-refractivity contribution in [2.75, 3.05) is 18.2 Å². The number of aromatic hydroxyl groups is 1. The summed E-state index contributed by atoms with van der Waals surface area (Å²) in [4.78, 5) is 22.0. The number of nitrogen functional groups attached to an aromatic ring is 1. The maximum atomic E-state index is 11.2. The summed E-state index contributed by atoms with van der Waals surface area (Å²) in [5.41, 5.74) is 5.68. The molecule has 6 nitrogen and oxygen atoms in total. The van der Waals surface area contributed by atoms with Gasteiger partial charge >= 0.3 is 5.97 Å². The number of ether oxygens (including phenoxy) is 1. The Morgan fingerprint density at radius 2 is 2.06 bits per heavy atom. The number of hydrogen-bond donors (Lipinski definition) is 3. The molecule has 0 aromatic heterocycles. The number of methoxy groups -OCH3 is 1.